The fourth-order valence-electron chi connectivity index (χ4n) is 2.11. The van der Waals surface area contributed by atoms with Crippen LogP contribution in [0.2, 0.25) is 0 Å². The summed E-state index contributed by atoms with van der Waals surface area (Å²) in [5.41, 5.74) is 0.125. The van der Waals surface area contributed by atoms with E-state index in [0.717, 1.165) is 6.07 Å². The number of sulfonamides is 1. The number of hydrogen-bond acceptors (Lipinski definition) is 7. The second-order valence-corrected chi connectivity index (χ2v) is 6.91. The van der Waals surface area contributed by atoms with E-state index in [2.05, 4.69) is 25.2 Å². The van der Waals surface area contributed by atoms with Gasteiger partial charge in [-0.3, -0.25) is 24.9 Å². The summed E-state index contributed by atoms with van der Waals surface area (Å²) in [6.07, 6.45) is 1.24. The lowest BCUT2D eigenvalue weighted by Gasteiger charge is -2.09. The summed E-state index contributed by atoms with van der Waals surface area (Å²) in [5.74, 6) is -0.282. The van der Waals surface area contributed by atoms with E-state index in [1.54, 1.807) is 0 Å². The molecule has 3 N–H and O–H groups in total. The van der Waals surface area contributed by atoms with Gasteiger partial charge in [-0.25, -0.2) is 13.5 Å². The van der Waals surface area contributed by atoms with Gasteiger partial charge in [0.25, 0.3) is 21.6 Å². The van der Waals surface area contributed by atoms with Crippen LogP contribution in [0.1, 0.15) is 10.4 Å². The van der Waals surface area contributed by atoms with E-state index < -0.39 is 20.9 Å². The summed E-state index contributed by atoms with van der Waals surface area (Å²) in [5, 5.41) is 19.4. The molecule has 2 aromatic carbocycles. The van der Waals surface area contributed by atoms with Crippen molar-refractivity contribution >= 4 is 33.3 Å². The Balaban J connectivity index is 1.74. The largest absolute Gasteiger partial charge is 0.291 e. The molecule has 3 rings (SSSR count). The van der Waals surface area contributed by atoms with Gasteiger partial charge in [0, 0.05) is 23.4 Å². The van der Waals surface area contributed by atoms with Gasteiger partial charge in [-0.2, -0.15) is 10.1 Å². The fourth-order valence-corrected chi connectivity index (χ4v) is 3.21. The number of nitro benzene ring substituents is 1. The third-order valence-corrected chi connectivity index (χ3v) is 4.76. The normalized spacial score (nSPS) is 11.0. The minimum atomic E-state index is -4.02. The maximum absolute atomic E-state index is 12.4. The van der Waals surface area contributed by atoms with Gasteiger partial charge >= 0.3 is 0 Å². The summed E-state index contributed by atoms with van der Waals surface area (Å²) >= 11 is 0. The number of aromatic nitrogens is 3. The zero-order chi connectivity index (χ0) is 19.4. The van der Waals surface area contributed by atoms with E-state index in [1.165, 1.54) is 48.8 Å². The van der Waals surface area contributed by atoms with Crippen molar-refractivity contribution in [3.63, 3.8) is 0 Å². The minimum Gasteiger partial charge on any atom is -0.291 e. The fraction of sp³-hybridized carbons (Fsp3) is 0. The Morgan fingerprint density at radius 3 is 2.52 bits per heavy atom. The van der Waals surface area contributed by atoms with E-state index >= 15 is 0 Å². The third-order valence-electron chi connectivity index (χ3n) is 3.38. The van der Waals surface area contributed by atoms with Crippen LogP contribution in [-0.4, -0.2) is 34.4 Å². The second-order valence-electron chi connectivity index (χ2n) is 5.23. The van der Waals surface area contributed by atoms with Crippen molar-refractivity contribution in [3.05, 3.63) is 70.5 Å². The molecule has 1 heterocycles. The number of amides is 1. The molecule has 138 valence electrons. The quantitative estimate of drug-likeness (QED) is 0.428. The van der Waals surface area contributed by atoms with Crippen LogP contribution in [0.5, 0.6) is 0 Å². The van der Waals surface area contributed by atoms with Crippen molar-refractivity contribution in [2.24, 2.45) is 0 Å². The first-order valence-electron chi connectivity index (χ1n) is 7.39. The maximum atomic E-state index is 12.4. The molecule has 0 aliphatic heterocycles. The summed E-state index contributed by atoms with van der Waals surface area (Å²) in [6, 6.07) is 10.3. The van der Waals surface area contributed by atoms with Crippen LogP contribution in [-0.2, 0) is 10.0 Å². The first-order chi connectivity index (χ1) is 12.8. The number of nitrogens with one attached hydrogen (secondary N) is 3. The van der Waals surface area contributed by atoms with E-state index in [1.807, 2.05) is 0 Å². The average molecular weight is 388 g/mol. The number of H-pyrrole nitrogens is 1. The van der Waals surface area contributed by atoms with Crippen LogP contribution in [0.3, 0.4) is 0 Å². The number of rotatable bonds is 6. The summed E-state index contributed by atoms with van der Waals surface area (Å²) in [7, 11) is -4.02. The van der Waals surface area contributed by atoms with Gasteiger partial charge in [0.15, 0.2) is 0 Å². The Kier molecular flexibility index (Phi) is 4.81. The molecule has 0 aliphatic carbocycles. The van der Waals surface area contributed by atoms with Crippen LogP contribution in [0.25, 0.3) is 0 Å². The lowest BCUT2D eigenvalue weighted by molar-refractivity contribution is -0.385. The second kappa shape index (κ2) is 7.21. The van der Waals surface area contributed by atoms with Gasteiger partial charge < -0.3 is 0 Å². The predicted molar refractivity (Wildman–Crippen MR) is 94.7 cm³/mol. The smallest absolute Gasteiger partial charge is 0.270 e. The molecule has 3 aromatic rings. The monoisotopic (exact) mass is 388 g/mol. The highest BCUT2D eigenvalue weighted by atomic mass is 32.2. The van der Waals surface area contributed by atoms with Crippen molar-refractivity contribution in [2.75, 3.05) is 10.0 Å². The van der Waals surface area contributed by atoms with Crippen LogP contribution in [0, 0.1) is 10.1 Å². The number of benzene rings is 2. The molecule has 0 aliphatic rings. The Morgan fingerprint density at radius 1 is 1.15 bits per heavy atom. The molecule has 0 unspecified atom stereocenters. The molecule has 0 saturated carbocycles. The first-order valence-corrected chi connectivity index (χ1v) is 8.87. The highest BCUT2D eigenvalue weighted by Gasteiger charge is 2.18. The maximum Gasteiger partial charge on any atom is 0.270 e. The molecule has 0 saturated heterocycles. The molecular formula is C15H12N6O5S. The van der Waals surface area contributed by atoms with Crippen molar-refractivity contribution in [1.82, 2.24) is 15.2 Å². The first kappa shape index (κ1) is 18.0. The molecule has 1 amide bonds. The molecule has 11 nitrogen and oxygen atoms in total. The Bertz CT molecular complexity index is 1080. The summed E-state index contributed by atoms with van der Waals surface area (Å²) in [4.78, 5) is 25.7. The Morgan fingerprint density at radius 2 is 1.89 bits per heavy atom. The molecule has 0 bridgehead atoms. The molecule has 27 heavy (non-hydrogen) atoms. The van der Waals surface area contributed by atoms with Gasteiger partial charge in [-0.1, -0.05) is 6.07 Å². The molecule has 0 radical (unpaired) electrons. The van der Waals surface area contributed by atoms with Gasteiger partial charge in [-0.05, 0) is 30.3 Å². The highest BCUT2D eigenvalue weighted by molar-refractivity contribution is 7.92. The van der Waals surface area contributed by atoms with Gasteiger partial charge in [0.05, 0.1) is 9.82 Å². The van der Waals surface area contributed by atoms with Gasteiger partial charge in [0.1, 0.15) is 6.33 Å². The van der Waals surface area contributed by atoms with Crippen LogP contribution in [0.4, 0.5) is 17.3 Å². The highest BCUT2D eigenvalue weighted by Crippen LogP contribution is 2.21. The zero-order valence-electron chi connectivity index (χ0n) is 13.5. The van der Waals surface area contributed by atoms with Crippen LogP contribution < -0.4 is 10.0 Å². The summed E-state index contributed by atoms with van der Waals surface area (Å²) < 4.78 is 27.1. The molecular weight excluding hydrogens is 376 g/mol. The van der Waals surface area contributed by atoms with Gasteiger partial charge in [0.2, 0.25) is 5.95 Å². The average Bonchev–Trinajstić information content (AvgIpc) is 3.15. The zero-order valence-corrected chi connectivity index (χ0v) is 14.3. The number of carbonyl (C=O) groups is 1. The standard InChI is InChI=1S/C15H12N6O5S/c22-14(18-15-16-9-17-19-15)10-4-6-11(7-5-10)20-27(25,26)13-3-1-2-12(8-13)21(23)24/h1-9,20H,(H2,16,17,18,19,22). The number of nitro groups is 1. The molecule has 12 heteroatoms. The van der Waals surface area contributed by atoms with Crippen molar-refractivity contribution in [3.8, 4) is 0 Å². The van der Waals surface area contributed by atoms with Crippen LogP contribution >= 0.6 is 0 Å². The predicted octanol–water partition coefficient (Wildman–Crippen LogP) is 1.77. The van der Waals surface area contributed by atoms with E-state index in [-0.39, 0.29) is 27.8 Å². The molecule has 0 fully saturated rings. The number of aromatic amines is 1. The van der Waals surface area contributed by atoms with E-state index in [9.17, 15) is 23.3 Å². The minimum absolute atomic E-state index is 0.176. The number of non-ortho nitro benzene ring substituents is 1. The topological polar surface area (TPSA) is 160 Å². The summed E-state index contributed by atoms with van der Waals surface area (Å²) in [6.45, 7) is 0. The van der Waals surface area contributed by atoms with Gasteiger partial charge in [-0.15, -0.1) is 0 Å². The SMILES string of the molecule is O=C(Nc1ncn[nH]1)c1ccc(NS(=O)(=O)c2cccc([N+](=O)[O-])c2)cc1. The Labute approximate surface area is 152 Å². The van der Waals surface area contributed by atoms with E-state index in [4.69, 9.17) is 0 Å². The molecule has 1 aromatic heterocycles. The molecule has 0 atom stereocenters. The number of anilines is 2. The number of carbonyl (C=O) groups excluding carboxylic acids is 1. The van der Waals surface area contributed by atoms with Crippen molar-refractivity contribution in [2.45, 2.75) is 4.90 Å². The lowest BCUT2D eigenvalue weighted by atomic mass is 10.2. The van der Waals surface area contributed by atoms with Crippen LogP contribution in [0.15, 0.2) is 59.8 Å². The number of nitrogens with zero attached hydrogens (tertiary/aromatic N) is 3. The third kappa shape index (κ3) is 4.24. The lowest BCUT2D eigenvalue weighted by Crippen LogP contribution is -2.15. The Hall–Kier alpha value is -3.80. The van der Waals surface area contributed by atoms with Crippen molar-refractivity contribution < 1.29 is 18.1 Å². The van der Waals surface area contributed by atoms with E-state index in [0.29, 0.717) is 0 Å². The van der Waals surface area contributed by atoms with Crippen molar-refractivity contribution in [1.29, 1.82) is 0 Å². The molecule has 0 spiro atoms. The number of hydrogen-bond donors (Lipinski definition) is 3.